The topological polar surface area (TPSA) is 59.2 Å². The van der Waals surface area contributed by atoms with Crippen LogP contribution in [0.15, 0.2) is 57.7 Å². The fraction of sp³-hybridized carbons (Fsp3) is 0.118. The lowest BCUT2D eigenvalue weighted by Gasteiger charge is -2.06. The number of nitrogens with zero attached hydrogens (tertiary/aromatic N) is 1. The molecular weight excluding hydrogens is 264 g/mol. The maximum atomic E-state index is 12.2. The zero-order valence-electron chi connectivity index (χ0n) is 11.4. The Morgan fingerprint density at radius 3 is 2.52 bits per heavy atom. The van der Waals surface area contributed by atoms with Crippen LogP contribution in [0.5, 0.6) is 0 Å². The van der Waals surface area contributed by atoms with Crippen LogP contribution in [-0.2, 0) is 0 Å². The number of rotatable bonds is 2. The average molecular weight is 278 g/mol. The molecule has 21 heavy (non-hydrogen) atoms. The van der Waals surface area contributed by atoms with Gasteiger partial charge in [0, 0.05) is 36.1 Å². The van der Waals surface area contributed by atoms with Crippen molar-refractivity contribution in [3.8, 4) is 11.3 Å². The van der Waals surface area contributed by atoms with Crippen LogP contribution in [0.25, 0.3) is 22.3 Å². The van der Waals surface area contributed by atoms with Crippen LogP contribution in [0.2, 0.25) is 0 Å². The maximum Gasteiger partial charge on any atom is 0.195 e. The predicted molar refractivity (Wildman–Crippen MR) is 84.5 cm³/mol. The average Bonchev–Trinajstić information content (AvgIpc) is 3.32. The van der Waals surface area contributed by atoms with Crippen LogP contribution in [0.3, 0.4) is 0 Å². The number of hydrogen-bond acceptors (Lipinski definition) is 4. The van der Waals surface area contributed by atoms with Gasteiger partial charge in [0.05, 0.1) is 5.39 Å². The van der Waals surface area contributed by atoms with E-state index in [0.29, 0.717) is 22.4 Å². The molecule has 104 valence electrons. The maximum absolute atomic E-state index is 12.2. The minimum absolute atomic E-state index is 0.112. The summed E-state index contributed by atoms with van der Waals surface area (Å²) in [5.74, 6) is 0.565. The van der Waals surface area contributed by atoms with Gasteiger partial charge in [0.2, 0.25) is 0 Å². The van der Waals surface area contributed by atoms with Crippen molar-refractivity contribution in [2.45, 2.75) is 0 Å². The first kappa shape index (κ1) is 12.0. The summed E-state index contributed by atoms with van der Waals surface area (Å²) < 4.78 is 5.83. The van der Waals surface area contributed by atoms with Crippen molar-refractivity contribution in [3.05, 3.63) is 58.8 Å². The number of anilines is 2. The lowest BCUT2D eigenvalue weighted by atomic mass is 10.1. The second-order valence-electron chi connectivity index (χ2n) is 5.23. The molecule has 1 saturated heterocycles. The van der Waals surface area contributed by atoms with Crippen molar-refractivity contribution in [1.29, 1.82) is 0 Å². The van der Waals surface area contributed by atoms with E-state index in [0.717, 1.165) is 18.7 Å². The monoisotopic (exact) mass is 278 g/mol. The van der Waals surface area contributed by atoms with Gasteiger partial charge in [0.15, 0.2) is 5.43 Å². The molecule has 1 aromatic heterocycles. The second kappa shape index (κ2) is 4.38. The third-order valence-corrected chi connectivity index (χ3v) is 3.75. The zero-order chi connectivity index (χ0) is 14.4. The number of benzene rings is 2. The van der Waals surface area contributed by atoms with E-state index in [9.17, 15) is 4.79 Å². The summed E-state index contributed by atoms with van der Waals surface area (Å²) in [5.41, 5.74) is 8.79. The van der Waals surface area contributed by atoms with E-state index in [4.69, 9.17) is 10.2 Å². The molecule has 3 aromatic rings. The highest BCUT2D eigenvalue weighted by atomic mass is 16.3. The smallest absolute Gasteiger partial charge is 0.195 e. The molecule has 2 N–H and O–H groups in total. The lowest BCUT2D eigenvalue weighted by Crippen LogP contribution is -2.03. The summed E-state index contributed by atoms with van der Waals surface area (Å²) in [7, 11) is 0. The van der Waals surface area contributed by atoms with E-state index in [2.05, 4.69) is 4.90 Å². The molecule has 0 saturated carbocycles. The van der Waals surface area contributed by atoms with E-state index in [1.54, 1.807) is 18.2 Å². The standard InChI is InChI=1S/C17H14N2O2/c18-13-2-1-3-15-17(13)14(20)10-16(21-15)11-4-6-12(7-5-11)19-8-9-19/h1-7,10H,8-9,18H2. The molecule has 1 aliphatic heterocycles. The van der Waals surface area contributed by atoms with Crippen LogP contribution >= 0.6 is 0 Å². The fourth-order valence-electron chi connectivity index (χ4n) is 2.52. The van der Waals surface area contributed by atoms with Crippen molar-refractivity contribution in [3.63, 3.8) is 0 Å². The third kappa shape index (κ3) is 2.05. The van der Waals surface area contributed by atoms with Crippen LogP contribution in [0, 0.1) is 0 Å². The third-order valence-electron chi connectivity index (χ3n) is 3.75. The van der Waals surface area contributed by atoms with E-state index < -0.39 is 0 Å². The molecule has 0 radical (unpaired) electrons. The van der Waals surface area contributed by atoms with Gasteiger partial charge < -0.3 is 15.1 Å². The van der Waals surface area contributed by atoms with Gasteiger partial charge in [0.1, 0.15) is 11.3 Å². The van der Waals surface area contributed by atoms with Gasteiger partial charge in [-0.3, -0.25) is 4.79 Å². The van der Waals surface area contributed by atoms with Crippen molar-refractivity contribution in [2.24, 2.45) is 0 Å². The van der Waals surface area contributed by atoms with Crippen molar-refractivity contribution >= 4 is 22.3 Å². The Bertz CT molecular complexity index is 877. The Morgan fingerprint density at radius 1 is 1.05 bits per heavy atom. The highest BCUT2D eigenvalue weighted by Crippen LogP contribution is 2.28. The first-order chi connectivity index (χ1) is 10.2. The van der Waals surface area contributed by atoms with Gasteiger partial charge in [-0.15, -0.1) is 0 Å². The van der Waals surface area contributed by atoms with Crippen LogP contribution in [0.4, 0.5) is 11.4 Å². The Labute approximate surface area is 121 Å². The van der Waals surface area contributed by atoms with Crippen molar-refractivity contribution in [1.82, 2.24) is 0 Å². The zero-order valence-corrected chi connectivity index (χ0v) is 11.4. The summed E-state index contributed by atoms with van der Waals surface area (Å²) >= 11 is 0. The first-order valence-electron chi connectivity index (χ1n) is 6.90. The summed E-state index contributed by atoms with van der Waals surface area (Å²) in [6.45, 7) is 2.23. The molecule has 0 unspecified atom stereocenters. The molecule has 2 aromatic carbocycles. The lowest BCUT2D eigenvalue weighted by molar-refractivity contribution is 0.619. The van der Waals surface area contributed by atoms with Gasteiger partial charge in [0.25, 0.3) is 0 Å². The minimum Gasteiger partial charge on any atom is -0.456 e. The molecular formula is C17H14N2O2. The van der Waals surface area contributed by atoms with Gasteiger partial charge in [-0.05, 0) is 36.4 Å². The number of hydrogen-bond donors (Lipinski definition) is 1. The molecule has 2 heterocycles. The quantitative estimate of drug-likeness (QED) is 0.578. The largest absolute Gasteiger partial charge is 0.456 e. The highest BCUT2D eigenvalue weighted by molar-refractivity contribution is 5.89. The van der Waals surface area contributed by atoms with Crippen LogP contribution in [-0.4, -0.2) is 13.1 Å². The van der Waals surface area contributed by atoms with E-state index >= 15 is 0 Å². The van der Waals surface area contributed by atoms with Gasteiger partial charge in [-0.1, -0.05) is 6.07 Å². The van der Waals surface area contributed by atoms with Crippen LogP contribution < -0.4 is 16.1 Å². The molecule has 4 heteroatoms. The predicted octanol–water partition coefficient (Wildman–Crippen LogP) is 2.86. The fourth-order valence-corrected chi connectivity index (χ4v) is 2.52. The molecule has 0 spiro atoms. The number of nitrogen functional groups attached to an aromatic ring is 1. The molecule has 0 atom stereocenters. The summed E-state index contributed by atoms with van der Waals surface area (Å²) in [4.78, 5) is 14.5. The SMILES string of the molecule is Nc1cccc2oc(-c3ccc(N4CC4)cc3)cc(=O)c12. The molecule has 0 aliphatic carbocycles. The molecule has 0 amide bonds. The summed E-state index contributed by atoms with van der Waals surface area (Å²) in [6.07, 6.45) is 0. The van der Waals surface area contributed by atoms with Crippen molar-refractivity contribution < 1.29 is 4.42 Å². The van der Waals surface area contributed by atoms with E-state index in [1.165, 1.54) is 11.8 Å². The first-order valence-corrected chi connectivity index (χ1v) is 6.90. The highest BCUT2D eigenvalue weighted by Gasteiger charge is 2.17. The number of fused-ring (bicyclic) bond motifs is 1. The Morgan fingerprint density at radius 2 is 1.81 bits per heavy atom. The molecule has 1 aliphatic rings. The van der Waals surface area contributed by atoms with Gasteiger partial charge in [-0.25, -0.2) is 0 Å². The Hall–Kier alpha value is -2.75. The number of nitrogens with two attached hydrogens (primary N) is 1. The van der Waals surface area contributed by atoms with Crippen molar-refractivity contribution in [2.75, 3.05) is 23.7 Å². The van der Waals surface area contributed by atoms with Gasteiger partial charge >= 0.3 is 0 Å². The second-order valence-corrected chi connectivity index (χ2v) is 5.23. The Balaban J connectivity index is 1.84. The minimum atomic E-state index is -0.112. The normalized spacial score (nSPS) is 13.6. The molecule has 4 rings (SSSR count). The van der Waals surface area contributed by atoms with Gasteiger partial charge in [-0.2, -0.15) is 0 Å². The van der Waals surface area contributed by atoms with E-state index in [-0.39, 0.29) is 5.43 Å². The molecule has 1 fully saturated rings. The van der Waals surface area contributed by atoms with E-state index in [1.807, 2.05) is 24.3 Å². The summed E-state index contributed by atoms with van der Waals surface area (Å²) in [5, 5.41) is 0.446. The molecule has 0 bridgehead atoms. The van der Waals surface area contributed by atoms with Crippen LogP contribution in [0.1, 0.15) is 0 Å². The summed E-state index contributed by atoms with van der Waals surface area (Å²) in [6, 6.07) is 14.8. The molecule has 4 nitrogen and oxygen atoms in total. The Kier molecular flexibility index (Phi) is 2.51.